The van der Waals surface area contributed by atoms with E-state index in [-0.39, 0.29) is 10.8 Å². The molecule has 21 heavy (non-hydrogen) atoms. The lowest BCUT2D eigenvalue weighted by Gasteiger charge is -2.20. The Labute approximate surface area is 126 Å². The molecule has 1 unspecified atom stereocenters. The monoisotopic (exact) mass is 291 g/mol. The van der Waals surface area contributed by atoms with Gasteiger partial charge in [0.15, 0.2) is 11.5 Å². The summed E-state index contributed by atoms with van der Waals surface area (Å²) in [4.78, 5) is 0. The fourth-order valence-corrected chi connectivity index (χ4v) is 3.32. The number of hydrogen-bond donors (Lipinski definition) is 2. The summed E-state index contributed by atoms with van der Waals surface area (Å²) in [5.74, 6) is 1.49. The van der Waals surface area contributed by atoms with E-state index in [1.54, 1.807) is 0 Å². The van der Waals surface area contributed by atoms with Gasteiger partial charge in [-0.3, -0.25) is 0 Å². The minimum absolute atomic E-state index is 0.277. The number of benzene rings is 1. The van der Waals surface area contributed by atoms with E-state index in [2.05, 4.69) is 33.0 Å². The van der Waals surface area contributed by atoms with Crippen LogP contribution >= 0.6 is 0 Å². The molecule has 0 radical (unpaired) electrons. The van der Waals surface area contributed by atoms with Gasteiger partial charge in [0, 0.05) is 12.6 Å². The Kier molecular flexibility index (Phi) is 3.41. The molecule has 1 heterocycles. The van der Waals surface area contributed by atoms with Gasteiger partial charge in [-0.1, -0.05) is 33.8 Å². The molecule has 1 saturated carbocycles. The number of nitrogens with one attached hydrogen (secondary N) is 1. The minimum Gasteiger partial charge on any atom is -0.486 e. The zero-order valence-electron chi connectivity index (χ0n) is 13.3. The lowest BCUT2D eigenvalue weighted by atomic mass is 10.0. The van der Waals surface area contributed by atoms with E-state index in [4.69, 9.17) is 9.47 Å². The molecule has 0 amide bonds. The molecule has 4 heteroatoms. The highest BCUT2D eigenvalue weighted by Gasteiger charge is 2.64. The molecule has 2 aliphatic rings. The van der Waals surface area contributed by atoms with Crippen LogP contribution in [0.2, 0.25) is 0 Å². The molecule has 2 N–H and O–H groups in total. The minimum atomic E-state index is -0.534. The van der Waals surface area contributed by atoms with Crippen molar-refractivity contribution in [1.29, 1.82) is 0 Å². The van der Waals surface area contributed by atoms with E-state index in [1.165, 1.54) is 0 Å². The second-order valence-electron chi connectivity index (χ2n) is 7.20. The molecular weight excluding hydrogens is 266 g/mol. The molecule has 1 aromatic carbocycles. The van der Waals surface area contributed by atoms with E-state index in [9.17, 15) is 5.11 Å². The summed E-state index contributed by atoms with van der Waals surface area (Å²) >= 11 is 0. The van der Waals surface area contributed by atoms with E-state index in [0.29, 0.717) is 25.8 Å². The average molecular weight is 291 g/mol. The normalized spacial score (nSPS) is 23.7. The number of ether oxygens (including phenoxy) is 2. The Morgan fingerprint density at radius 2 is 1.76 bits per heavy atom. The van der Waals surface area contributed by atoms with Crippen LogP contribution < -0.4 is 14.8 Å². The Balaban J connectivity index is 1.63. The first-order valence-electron chi connectivity index (χ1n) is 7.65. The largest absolute Gasteiger partial charge is 0.486 e. The van der Waals surface area contributed by atoms with Crippen molar-refractivity contribution in [3.05, 3.63) is 23.8 Å². The van der Waals surface area contributed by atoms with Gasteiger partial charge in [-0.25, -0.2) is 0 Å². The Morgan fingerprint density at radius 3 is 2.38 bits per heavy atom. The second-order valence-corrected chi connectivity index (χ2v) is 7.20. The van der Waals surface area contributed by atoms with Crippen molar-refractivity contribution in [2.24, 2.45) is 10.8 Å². The number of hydrogen-bond acceptors (Lipinski definition) is 4. The van der Waals surface area contributed by atoms with Gasteiger partial charge >= 0.3 is 0 Å². The van der Waals surface area contributed by atoms with Crippen LogP contribution in [0.3, 0.4) is 0 Å². The van der Waals surface area contributed by atoms with Crippen LogP contribution in [0.4, 0.5) is 0 Å². The van der Waals surface area contributed by atoms with Crippen molar-refractivity contribution in [3.63, 3.8) is 0 Å². The molecule has 4 nitrogen and oxygen atoms in total. The maximum atomic E-state index is 10.4. The molecule has 3 rings (SSSR count). The number of fused-ring (bicyclic) bond motifs is 1. The zero-order valence-corrected chi connectivity index (χ0v) is 13.3. The maximum absolute atomic E-state index is 10.4. The van der Waals surface area contributed by atoms with Crippen LogP contribution in [0, 0.1) is 10.8 Å². The molecule has 0 bridgehead atoms. The maximum Gasteiger partial charge on any atom is 0.161 e. The molecule has 1 fully saturated rings. The quantitative estimate of drug-likeness (QED) is 0.895. The molecule has 0 spiro atoms. The molecule has 1 atom stereocenters. The van der Waals surface area contributed by atoms with Crippen molar-refractivity contribution >= 4 is 0 Å². The van der Waals surface area contributed by atoms with E-state index >= 15 is 0 Å². The Bertz CT molecular complexity index is 525. The van der Waals surface area contributed by atoms with Crippen molar-refractivity contribution in [3.8, 4) is 11.5 Å². The summed E-state index contributed by atoms with van der Waals surface area (Å²) in [6.45, 7) is 10.8. The van der Waals surface area contributed by atoms with Gasteiger partial charge in [-0.15, -0.1) is 0 Å². The van der Waals surface area contributed by atoms with Crippen LogP contribution in [0.25, 0.3) is 0 Å². The SMILES string of the molecule is CC1(C)C(NCC(O)c2ccc3c(c2)OCCO3)C1(C)C. The molecule has 1 aromatic rings. The lowest BCUT2D eigenvalue weighted by molar-refractivity contribution is 0.162. The van der Waals surface area contributed by atoms with Crippen molar-refractivity contribution in [1.82, 2.24) is 5.32 Å². The van der Waals surface area contributed by atoms with Crippen LogP contribution in [-0.2, 0) is 0 Å². The molecule has 116 valence electrons. The molecule has 0 aromatic heterocycles. The first kappa shape index (κ1) is 14.7. The fraction of sp³-hybridized carbons (Fsp3) is 0.647. The third kappa shape index (κ3) is 2.40. The molecule has 0 saturated heterocycles. The number of aliphatic hydroxyl groups excluding tert-OH is 1. The fourth-order valence-electron chi connectivity index (χ4n) is 3.32. The van der Waals surface area contributed by atoms with Crippen molar-refractivity contribution in [2.75, 3.05) is 19.8 Å². The standard InChI is InChI=1S/C17H25NO3/c1-16(2)15(17(16,3)4)18-10-12(19)11-5-6-13-14(9-11)21-8-7-20-13/h5-6,9,12,15,18-19H,7-8,10H2,1-4H3. The third-order valence-corrected chi connectivity index (χ3v) is 5.49. The summed E-state index contributed by atoms with van der Waals surface area (Å²) in [7, 11) is 0. The smallest absolute Gasteiger partial charge is 0.161 e. The van der Waals surface area contributed by atoms with Gasteiger partial charge < -0.3 is 19.9 Å². The van der Waals surface area contributed by atoms with Gasteiger partial charge in [-0.2, -0.15) is 0 Å². The molecule has 1 aliphatic carbocycles. The second kappa shape index (κ2) is 4.89. The van der Waals surface area contributed by atoms with Gasteiger partial charge in [-0.05, 0) is 28.5 Å². The topological polar surface area (TPSA) is 50.7 Å². The van der Waals surface area contributed by atoms with Gasteiger partial charge in [0.1, 0.15) is 13.2 Å². The third-order valence-electron chi connectivity index (χ3n) is 5.49. The molecular formula is C17H25NO3. The van der Waals surface area contributed by atoms with Crippen LogP contribution in [0.1, 0.15) is 39.4 Å². The van der Waals surface area contributed by atoms with Crippen molar-refractivity contribution < 1.29 is 14.6 Å². The first-order chi connectivity index (χ1) is 9.84. The van der Waals surface area contributed by atoms with E-state index < -0.39 is 6.10 Å². The highest BCUT2D eigenvalue weighted by molar-refractivity contribution is 5.44. The summed E-state index contributed by atoms with van der Waals surface area (Å²) in [6.07, 6.45) is -0.534. The van der Waals surface area contributed by atoms with E-state index in [1.807, 2.05) is 18.2 Å². The van der Waals surface area contributed by atoms with Crippen molar-refractivity contribution in [2.45, 2.75) is 39.8 Å². The Hall–Kier alpha value is -1.26. The first-order valence-corrected chi connectivity index (χ1v) is 7.65. The highest BCUT2D eigenvalue weighted by atomic mass is 16.6. The summed E-state index contributed by atoms with van der Waals surface area (Å²) < 4.78 is 11.1. The van der Waals surface area contributed by atoms with E-state index in [0.717, 1.165) is 17.1 Å². The zero-order chi connectivity index (χ0) is 15.3. The van der Waals surface area contributed by atoms with Gasteiger partial charge in [0.25, 0.3) is 0 Å². The molecule has 1 aliphatic heterocycles. The summed E-state index contributed by atoms with van der Waals surface area (Å²) in [5, 5.41) is 13.9. The predicted octanol–water partition coefficient (Wildman–Crippen LogP) is 2.52. The number of rotatable bonds is 4. The predicted molar refractivity (Wildman–Crippen MR) is 81.7 cm³/mol. The van der Waals surface area contributed by atoms with Crippen LogP contribution in [0.15, 0.2) is 18.2 Å². The lowest BCUT2D eigenvalue weighted by Crippen LogP contribution is -2.27. The summed E-state index contributed by atoms with van der Waals surface area (Å²) in [5.41, 5.74) is 1.42. The van der Waals surface area contributed by atoms with Gasteiger partial charge in [0.2, 0.25) is 0 Å². The Morgan fingerprint density at radius 1 is 1.14 bits per heavy atom. The average Bonchev–Trinajstić information content (AvgIpc) is 2.85. The van der Waals surface area contributed by atoms with Gasteiger partial charge in [0.05, 0.1) is 6.10 Å². The number of aliphatic hydroxyl groups is 1. The van der Waals surface area contributed by atoms with Crippen LogP contribution in [0.5, 0.6) is 11.5 Å². The van der Waals surface area contributed by atoms with Crippen LogP contribution in [-0.4, -0.2) is 30.9 Å². The highest BCUT2D eigenvalue weighted by Crippen LogP contribution is 2.62. The summed E-state index contributed by atoms with van der Waals surface area (Å²) in [6, 6.07) is 6.10.